The summed E-state index contributed by atoms with van der Waals surface area (Å²) in [5.41, 5.74) is 153. The molecule has 30 nitrogen and oxygen atoms in total. The molecule has 0 aliphatic heterocycles. The minimum absolute atomic E-state index is 0. The molecule has 0 radical (unpaired) electrons. The van der Waals surface area contributed by atoms with E-state index >= 15 is 0 Å². The topological polar surface area (TPSA) is 737 Å². The first kappa shape index (κ1) is 164. The van der Waals surface area contributed by atoms with Gasteiger partial charge in [0.2, 0.25) is 9.84 Å². The second-order valence-corrected chi connectivity index (χ2v) is 33.0. The lowest BCUT2D eigenvalue weighted by Gasteiger charge is -2.24. The van der Waals surface area contributed by atoms with E-state index in [1.54, 1.807) is 151 Å². The molecule has 2 saturated carbocycles. The van der Waals surface area contributed by atoms with Crippen molar-refractivity contribution in [3.63, 3.8) is 0 Å². The predicted molar refractivity (Wildman–Crippen MR) is 663 cm³/mol. The van der Waals surface area contributed by atoms with E-state index in [9.17, 15) is 13.2 Å². The summed E-state index contributed by atoms with van der Waals surface area (Å²) >= 11 is 1.69. The van der Waals surface area contributed by atoms with Gasteiger partial charge in [-0.3, -0.25) is 4.79 Å². The van der Waals surface area contributed by atoms with Crippen molar-refractivity contribution in [2.45, 2.75) is 221 Å². The molecule has 830 valence electrons. The highest BCUT2D eigenvalue weighted by molar-refractivity contribution is 7.99. The number of aryl methyl sites for hydroxylation is 1. The van der Waals surface area contributed by atoms with E-state index in [1.165, 1.54) is 82.0 Å². The fourth-order valence-corrected chi connectivity index (χ4v) is 13.4. The number of hydrogen-bond acceptors (Lipinski definition) is 31. The molecule has 13 aromatic rings. The predicted octanol–water partition coefficient (Wildman–Crippen LogP) is 22.0. The van der Waals surface area contributed by atoms with Gasteiger partial charge < -0.3 is 154 Å². The van der Waals surface area contributed by atoms with Crippen LogP contribution >= 0.6 is 11.8 Å². The number of nitrogen functional groups attached to an aromatic ring is 14. The largest absolute Gasteiger partial charge is 0.457 e. The zero-order chi connectivity index (χ0) is 98.2. The quantitative estimate of drug-likeness (QED) is 0.0307. The third-order valence-electron chi connectivity index (χ3n) is 18.6. The highest BCUT2D eigenvalue weighted by Crippen LogP contribution is 2.31. The highest BCUT2D eigenvalue weighted by atomic mass is 32.2. The lowest BCUT2D eigenvalue weighted by atomic mass is 9.83. The molecule has 0 saturated heterocycles. The Morgan fingerprint density at radius 1 is 0.286 bits per heavy atom. The summed E-state index contributed by atoms with van der Waals surface area (Å²) in [6.07, 6.45) is 11.0. The van der Waals surface area contributed by atoms with E-state index in [1.807, 2.05) is 127 Å². The zero-order valence-corrected chi connectivity index (χ0v) is 77.5. The average molecular weight is 2080 g/mol. The van der Waals surface area contributed by atoms with Crippen LogP contribution in [0.5, 0.6) is 11.5 Å². The van der Waals surface area contributed by atoms with E-state index in [2.05, 4.69) is 84.0 Å². The summed E-state index contributed by atoms with van der Waals surface area (Å²) in [6.45, 7) is 6.96. The average Bonchev–Trinajstić information content (AvgIpc) is 0.809. The third-order valence-corrected chi connectivity index (χ3v) is 21.4. The first-order valence-electron chi connectivity index (χ1n) is 42.5. The van der Waals surface area contributed by atoms with Gasteiger partial charge in [0.1, 0.15) is 11.5 Å². The molecular formula is C115H204N26O4S2. The number of carbonyl (C=O) groups excluding carboxylic acids is 1. The van der Waals surface area contributed by atoms with Gasteiger partial charge in [-0.05, 0) is 348 Å². The van der Waals surface area contributed by atoms with Gasteiger partial charge >= 0.3 is 0 Å². The second kappa shape index (κ2) is 95.8. The van der Waals surface area contributed by atoms with Crippen molar-refractivity contribution in [2.75, 3.05) is 113 Å². The van der Waals surface area contributed by atoms with E-state index in [4.69, 9.17) is 108 Å². The lowest BCUT2D eigenvalue weighted by Crippen LogP contribution is -2.33. The minimum Gasteiger partial charge on any atom is -0.457 e. The van der Waals surface area contributed by atoms with Crippen molar-refractivity contribution in [1.82, 2.24) is 0 Å². The van der Waals surface area contributed by atoms with Crippen LogP contribution in [0.25, 0.3) is 0 Å². The van der Waals surface area contributed by atoms with Crippen molar-refractivity contribution in [2.24, 2.45) is 80.6 Å². The Hall–Kier alpha value is -13.7. The molecule has 0 spiro atoms. The maximum atomic E-state index is 12.2. The Balaban J connectivity index is -0.000000110. The normalized spacial score (nSPS) is 11.9. The van der Waals surface area contributed by atoms with Crippen molar-refractivity contribution in [1.29, 1.82) is 0 Å². The molecule has 0 unspecified atom stereocenters. The number of hydrogen-bond donors (Lipinski definition) is 26. The minimum atomic E-state index is -3.48. The van der Waals surface area contributed by atoms with Crippen LogP contribution in [0.4, 0.5) is 79.6 Å². The number of nitrogens with two attached hydrogens (primary N) is 26. The number of sulfone groups is 1. The van der Waals surface area contributed by atoms with Crippen LogP contribution in [-0.4, -0.2) is 59.5 Å². The molecule has 0 heterocycles. The van der Waals surface area contributed by atoms with Crippen LogP contribution in [0.2, 0.25) is 0 Å². The van der Waals surface area contributed by atoms with Gasteiger partial charge in [-0.1, -0.05) is 203 Å². The molecule has 0 amide bonds. The first-order valence-corrected chi connectivity index (χ1v) is 44.8. The molecule has 2 aliphatic carbocycles. The van der Waals surface area contributed by atoms with Crippen LogP contribution < -0.4 is 154 Å². The number of anilines is 14. The molecule has 0 aromatic heterocycles. The number of rotatable bonds is 12. The third kappa shape index (κ3) is 75.7. The molecule has 52 N–H and O–H groups in total. The van der Waals surface area contributed by atoms with Gasteiger partial charge in [0.05, 0.1) is 9.79 Å². The fourth-order valence-electron chi connectivity index (χ4n) is 11.3. The van der Waals surface area contributed by atoms with Crippen molar-refractivity contribution >= 4 is 107 Å². The number of carbonyl (C=O) groups is 1. The molecule has 32 heteroatoms. The Kier molecular flexibility index (Phi) is 107. The summed E-state index contributed by atoms with van der Waals surface area (Å²) in [5.74, 6) is 3.30. The van der Waals surface area contributed by atoms with Gasteiger partial charge in [0, 0.05) is 146 Å². The molecule has 15 rings (SSSR count). The summed E-state index contributed by atoms with van der Waals surface area (Å²) in [4.78, 5) is 14.8. The van der Waals surface area contributed by atoms with E-state index in [0.717, 1.165) is 107 Å². The molecule has 0 bridgehead atoms. The van der Waals surface area contributed by atoms with Gasteiger partial charge in [-0.2, -0.15) is 0 Å². The number of ketones is 1. The Labute approximate surface area is 895 Å². The van der Waals surface area contributed by atoms with Crippen LogP contribution in [0.3, 0.4) is 0 Å². The van der Waals surface area contributed by atoms with E-state index in [-0.39, 0.29) is 154 Å². The van der Waals surface area contributed by atoms with Crippen molar-refractivity contribution < 1.29 is 17.9 Å². The van der Waals surface area contributed by atoms with Gasteiger partial charge in [0.25, 0.3) is 0 Å². The van der Waals surface area contributed by atoms with Crippen molar-refractivity contribution in [3.05, 3.63) is 349 Å². The summed E-state index contributed by atoms with van der Waals surface area (Å²) in [6, 6.07) is 95.3. The second-order valence-electron chi connectivity index (χ2n) is 29.9. The standard InChI is InChI=1S/C13H12N2O.C13H14N2.C12H12N2O2S.C12H12N2O.C12H12N2S.C8H17N.C8H11N.C6H14N2.2C6H8N2.4CH6N2.15CH4/c14-11-5-1-9(2-6-11)13(16)10-3-7-12(15)8-4-10;14-12-5-1-10(2-6-12)9-11-3-7-13(15)8-4-11;13-9-1-5-11(6-2-9)17(15,16)12-7-3-10(14)4-8-12;2*13-9-1-5-11(6-2-9)15-12-7-3-10(14)4-8-12;2*1-7-2-4-8(6-9)5-3-7;2*7-5-1-2-6(8)4-3-5;7-5-2-1-3-6(8)4-5;4*2-1-3;;;;;;;;;;;;;;;/h1-8H,14-15H2;1-8H,9,14-15H2;1-8H,13-14H2;2*1-8H,13-14H2;7-8H,2-6,9H2,1H3;2-5H,6,9H2,1H3;5-6H,1-4,7-8H2;2*1-4H,7-8H2;4*1-3H2;15*1H4. The molecule has 147 heavy (non-hydrogen) atoms. The van der Waals surface area contributed by atoms with Crippen LogP contribution in [-0.2, 0) is 22.8 Å². The zero-order valence-electron chi connectivity index (χ0n) is 75.9. The fraction of sp³-hybridized carbons (Fsp3) is 0.313. The summed E-state index contributed by atoms with van der Waals surface area (Å²) in [5, 5.41) is 0. The summed E-state index contributed by atoms with van der Waals surface area (Å²) < 4.78 is 29.9. The smallest absolute Gasteiger partial charge is 0.206 e. The molecule has 2 fully saturated rings. The van der Waals surface area contributed by atoms with Crippen LogP contribution in [0, 0.1) is 18.8 Å². The maximum absolute atomic E-state index is 12.2. The van der Waals surface area contributed by atoms with E-state index in [0.29, 0.717) is 63.9 Å². The Bertz CT molecular complexity index is 4750. The first-order chi connectivity index (χ1) is 63.0. The number of ether oxygens (including phenoxy) is 1. The maximum Gasteiger partial charge on any atom is 0.206 e. The van der Waals surface area contributed by atoms with Gasteiger partial charge in [0.15, 0.2) is 5.78 Å². The monoisotopic (exact) mass is 2080 g/mol. The Morgan fingerprint density at radius 3 is 0.735 bits per heavy atom. The SMILES string of the molecule is C.C.C.C.C.C.C.C.C.C.C.C.C.C.C.CC1CCC(CN)CC1.Cc1ccc(CN)cc1.NC1CCC(N)CC1.NCN.NCN.NCN.NCN.Nc1ccc(C(=O)c2ccc(N)cc2)cc1.Nc1ccc(Cc2ccc(N)cc2)cc1.Nc1ccc(N)cc1.Nc1ccc(Oc2ccc(N)cc2)cc1.Nc1ccc(S(=O)(=O)c2ccc(N)cc2)cc1.Nc1ccc(Sc2ccc(N)cc2)cc1.Nc1cccc(N)c1. The molecular weight excluding hydrogens is 1870 g/mol. The van der Waals surface area contributed by atoms with Gasteiger partial charge in [-0.25, -0.2) is 8.42 Å². The lowest BCUT2D eigenvalue weighted by molar-refractivity contribution is 0.103. The number of benzene rings is 13. The highest BCUT2D eigenvalue weighted by Gasteiger charge is 2.19. The Morgan fingerprint density at radius 2 is 0.503 bits per heavy atom. The van der Waals surface area contributed by atoms with Crippen LogP contribution in [0.15, 0.2) is 335 Å². The van der Waals surface area contributed by atoms with Crippen molar-refractivity contribution in [3.8, 4) is 11.5 Å². The summed E-state index contributed by atoms with van der Waals surface area (Å²) in [7, 11) is -3.48. The molecule has 0 atom stereocenters. The van der Waals surface area contributed by atoms with Crippen LogP contribution in [0.1, 0.15) is 208 Å². The molecule has 2 aliphatic rings. The van der Waals surface area contributed by atoms with Gasteiger partial charge in [-0.15, -0.1) is 0 Å². The molecule has 13 aromatic carbocycles. The van der Waals surface area contributed by atoms with E-state index < -0.39 is 9.84 Å².